The van der Waals surface area contributed by atoms with Crippen LogP contribution in [0, 0.1) is 17.8 Å². The van der Waals surface area contributed by atoms with Gasteiger partial charge >= 0.3 is 6.18 Å². The highest BCUT2D eigenvalue weighted by molar-refractivity contribution is 8.23. The van der Waals surface area contributed by atoms with Gasteiger partial charge in [0.05, 0.1) is 10.9 Å². The molecule has 2 rings (SSSR count). The van der Waals surface area contributed by atoms with E-state index in [1.54, 1.807) is 0 Å². The average molecular weight is 450 g/mol. The van der Waals surface area contributed by atoms with E-state index >= 15 is 0 Å². The maximum absolute atomic E-state index is 14.3. The van der Waals surface area contributed by atoms with E-state index in [4.69, 9.17) is 6.42 Å². The predicted octanol–water partition coefficient (Wildman–Crippen LogP) is 5.50. The van der Waals surface area contributed by atoms with Gasteiger partial charge in [-0.05, 0) is 44.4 Å². The number of hydrogen-bond donors (Lipinski definition) is 3. The Hall–Kier alpha value is -1.60. The van der Waals surface area contributed by atoms with Crippen LogP contribution < -0.4 is 5.32 Å². The summed E-state index contributed by atoms with van der Waals surface area (Å²) in [5, 5.41) is 2.30. The van der Waals surface area contributed by atoms with Crippen LogP contribution in [0.25, 0.3) is 0 Å². The van der Waals surface area contributed by atoms with Gasteiger partial charge in [0.15, 0.2) is 5.78 Å². The molecule has 0 aliphatic heterocycles. The van der Waals surface area contributed by atoms with Crippen LogP contribution in [-0.2, 0) is 4.79 Å². The highest BCUT2D eigenvalue weighted by atomic mass is 32.3. The Bertz CT molecular complexity index is 800. The van der Waals surface area contributed by atoms with E-state index in [-0.39, 0.29) is 16.9 Å². The molecule has 30 heavy (non-hydrogen) atoms. The van der Waals surface area contributed by atoms with E-state index in [1.807, 2.05) is 0 Å². The lowest BCUT2D eigenvalue weighted by molar-refractivity contribution is -0.161. The summed E-state index contributed by atoms with van der Waals surface area (Å²) in [7, 11) is -3.08. The van der Waals surface area contributed by atoms with Gasteiger partial charge in [-0.3, -0.25) is 19.2 Å². The third-order valence-electron chi connectivity index (χ3n) is 5.11. The molecular formula is C21H27F4NO3S. The number of ketones is 1. The second kappa shape index (κ2) is 8.50. The minimum atomic E-state index is -4.77. The van der Waals surface area contributed by atoms with Crippen molar-refractivity contribution in [2.24, 2.45) is 5.41 Å². The molecule has 1 aromatic carbocycles. The van der Waals surface area contributed by atoms with Crippen molar-refractivity contribution in [1.29, 1.82) is 0 Å². The SMILES string of the molecule is C#CC1(CC(=O)[C@H](CC(C)(C)F)N[C@@H](c2ccc(S(C)(O)O)cc2)C(F)(F)F)CC1. The van der Waals surface area contributed by atoms with Gasteiger partial charge in [-0.2, -0.15) is 23.8 Å². The van der Waals surface area contributed by atoms with Gasteiger partial charge < -0.3 is 0 Å². The van der Waals surface area contributed by atoms with Crippen molar-refractivity contribution in [3.8, 4) is 12.3 Å². The zero-order valence-corrected chi connectivity index (χ0v) is 17.9. The van der Waals surface area contributed by atoms with Crippen LogP contribution in [0.15, 0.2) is 29.2 Å². The van der Waals surface area contributed by atoms with Crippen LogP contribution in [0.3, 0.4) is 0 Å². The number of terminal acetylenes is 1. The van der Waals surface area contributed by atoms with E-state index in [0.29, 0.717) is 12.8 Å². The Balaban J connectivity index is 2.31. The summed E-state index contributed by atoms with van der Waals surface area (Å²) in [5.41, 5.74) is -2.73. The van der Waals surface area contributed by atoms with Crippen molar-refractivity contribution in [1.82, 2.24) is 5.32 Å². The highest BCUT2D eigenvalue weighted by Crippen LogP contribution is 2.49. The zero-order chi connectivity index (χ0) is 23.0. The smallest absolute Gasteiger partial charge is 0.298 e. The third kappa shape index (κ3) is 6.71. The van der Waals surface area contributed by atoms with Gasteiger partial charge in [0.1, 0.15) is 11.7 Å². The molecule has 0 spiro atoms. The topological polar surface area (TPSA) is 69.6 Å². The second-order valence-electron chi connectivity index (χ2n) is 8.59. The maximum atomic E-state index is 14.3. The summed E-state index contributed by atoms with van der Waals surface area (Å²) in [4.78, 5) is 12.9. The molecule has 0 amide bonds. The van der Waals surface area contributed by atoms with Gasteiger partial charge in [0, 0.05) is 24.5 Å². The number of halogens is 4. The molecule has 0 aromatic heterocycles. The standard InChI is InChI=1S/C21H27F4NO3S/c1-5-20(10-11-20)13-17(27)16(12-19(2,3)22)26-18(21(23,24)25)14-6-8-15(9-7-14)30(4,28)29/h1,6-9,16,18,26,28-29H,10-13H2,2-4H3/t16-,18-/m0/s1. The molecule has 2 atom stereocenters. The normalized spacial score (nSPS) is 18.9. The first-order valence-electron chi connectivity index (χ1n) is 9.42. The Morgan fingerprint density at radius 2 is 1.77 bits per heavy atom. The highest BCUT2D eigenvalue weighted by Gasteiger charge is 2.47. The lowest BCUT2D eigenvalue weighted by atomic mass is 9.90. The fourth-order valence-corrected chi connectivity index (χ4v) is 3.88. The molecule has 0 heterocycles. The molecule has 168 valence electrons. The number of carbonyl (C=O) groups excluding carboxylic acids is 1. The molecule has 0 bridgehead atoms. The van der Waals surface area contributed by atoms with Gasteiger partial charge in [0.25, 0.3) is 0 Å². The molecular weight excluding hydrogens is 422 g/mol. The number of Topliss-reactive ketones (excluding diaryl/α,β-unsaturated/α-hetero) is 1. The molecule has 0 radical (unpaired) electrons. The number of alkyl halides is 4. The van der Waals surface area contributed by atoms with Crippen LogP contribution in [0.2, 0.25) is 0 Å². The first kappa shape index (κ1) is 24.7. The molecule has 1 fully saturated rings. The Kier molecular flexibility index (Phi) is 6.99. The van der Waals surface area contributed by atoms with E-state index < -0.39 is 52.1 Å². The Morgan fingerprint density at radius 1 is 1.23 bits per heavy atom. The summed E-state index contributed by atoms with van der Waals surface area (Å²) in [6, 6.07) is 1.00. The van der Waals surface area contributed by atoms with Crippen LogP contribution in [-0.4, -0.2) is 39.0 Å². The largest absolute Gasteiger partial charge is 0.407 e. The summed E-state index contributed by atoms with van der Waals surface area (Å²) in [6.45, 7) is 2.40. The van der Waals surface area contributed by atoms with Crippen molar-refractivity contribution < 1.29 is 31.5 Å². The minimum Gasteiger partial charge on any atom is -0.298 e. The molecule has 0 unspecified atom stereocenters. The van der Waals surface area contributed by atoms with Crippen molar-refractivity contribution in [2.75, 3.05) is 6.26 Å². The summed E-state index contributed by atoms with van der Waals surface area (Å²) in [5.74, 6) is 1.98. The van der Waals surface area contributed by atoms with Crippen molar-refractivity contribution in [3.63, 3.8) is 0 Å². The first-order valence-corrected chi connectivity index (χ1v) is 11.4. The number of carbonyl (C=O) groups is 1. The monoisotopic (exact) mass is 449 g/mol. The van der Waals surface area contributed by atoms with Crippen molar-refractivity contribution in [2.45, 2.75) is 68.4 Å². The fraction of sp³-hybridized carbons (Fsp3) is 0.571. The van der Waals surface area contributed by atoms with Crippen molar-refractivity contribution >= 4 is 16.4 Å². The summed E-state index contributed by atoms with van der Waals surface area (Å²) < 4.78 is 75.1. The minimum absolute atomic E-state index is 0.0920. The molecule has 1 saturated carbocycles. The van der Waals surface area contributed by atoms with Crippen LogP contribution >= 0.6 is 10.6 Å². The lowest BCUT2D eigenvalue weighted by Gasteiger charge is -2.31. The van der Waals surface area contributed by atoms with Gasteiger partial charge in [-0.25, -0.2) is 4.39 Å². The second-order valence-corrected chi connectivity index (χ2v) is 10.7. The Morgan fingerprint density at radius 3 is 2.13 bits per heavy atom. The zero-order valence-electron chi connectivity index (χ0n) is 17.1. The summed E-state index contributed by atoms with van der Waals surface area (Å²) >= 11 is 0. The molecule has 1 aromatic rings. The van der Waals surface area contributed by atoms with E-state index in [2.05, 4.69) is 11.2 Å². The average Bonchev–Trinajstić information content (AvgIpc) is 3.35. The van der Waals surface area contributed by atoms with Crippen LogP contribution in [0.5, 0.6) is 0 Å². The Labute approximate surface area is 175 Å². The molecule has 4 nitrogen and oxygen atoms in total. The number of hydrogen-bond acceptors (Lipinski definition) is 4. The molecule has 3 N–H and O–H groups in total. The molecule has 9 heteroatoms. The maximum Gasteiger partial charge on any atom is 0.407 e. The van der Waals surface area contributed by atoms with Crippen LogP contribution in [0.1, 0.15) is 51.1 Å². The van der Waals surface area contributed by atoms with Gasteiger partial charge in [-0.1, -0.05) is 18.1 Å². The molecule has 0 saturated heterocycles. The number of rotatable bonds is 9. The third-order valence-corrected chi connectivity index (χ3v) is 6.27. The van der Waals surface area contributed by atoms with Crippen LogP contribution in [0.4, 0.5) is 17.6 Å². The van der Waals surface area contributed by atoms with Gasteiger partial charge in [-0.15, -0.1) is 6.42 Å². The quantitative estimate of drug-likeness (QED) is 0.344. The number of nitrogens with one attached hydrogen (secondary N) is 1. The molecule has 1 aliphatic rings. The molecule has 1 aliphatic carbocycles. The van der Waals surface area contributed by atoms with E-state index in [1.165, 1.54) is 32.2 Å². The lowest BCUT2D eigenvalue weighted by Crippen LogP contribution is -2.47. The first-order chi connectivity index (χ1) is 13.6. The van der Waals surface area contributed by atoms with Gasteiger partial charge in [0.2, 0.25) is 0 Å². The number of benzene rings is 1. The summed E-state index contributed by atoms with van der Waals surface area (Å²) in [6.07, 6.45) is 2.54. The predicted molar refractivity (Wildman–Crippen MR) is 109 cm³/mol. The fourth-order valence-electron chi connectivity index (χ4n) is 3.23. The van der Waals surface area contributed by atoms with Crippen molar-refractivity contribution in [3.05, 3.63) is 29.8 Å². The van der Waals surface area contributed by atoms with E-state index in [9.17, 15) is 31.5 Å². The van der Waals surface area contributed by atoms with E-state index in [0.717, 1.165) is 12.1 Å².